The lowest BCUT2D eigenvalue weighted by atomic mass is 9.97. The van der Waals surface area contributed by atoms with Gasteiger partial charge in [0.1, 0.15) is 0 Å². The molecule has 0 bridgehead atoms. The van der Waals surface area contributed by atoms with E-state index in [0.29, 0.717) is 22.5 Å². The SMILES string of the molecule is N=C(c1cccc(NC(=O)Nc2cccc3ccoc23)c1)C(N)c1ccccc1. The quantitative estimate of drug-likeness (QED) is 0.358. The maximum Gasteiger partial charge on any atom is 0.323 e. The molecule has 29 heavy (non-hydrogen) atoms. The molecule has 144 valence electrons. The van der Waals surface area contributed by atoms with Crippen LogP contribution in [0.2, 0.25) is 0 Å². The van der Waals surface area contributed by atoms with Crippen LogP contribution in [0, 0.1) is 5.41 Å². The number of rotatable bonds is 5. The Kier molecular flexibility index (Phi) is 5.09. The van der Waals surface area contributed by atoms with Crippen molar-refractivity contribution in [2.24, 2.45) is 5.73 Å². The molecule has 0 aliphatic rings. The van der Waals surface area contributed by atoms with Crippen LogP contribution in [-0.2, 0) is 0 Å². The Hall–Kier alpha value is -3.90. The van der Waals surface area contributed by atoms with Crippen LogP contribution in [0.3, 0.4) is 0 Å². The van der Waals surface area contributed by atoms with E-state index in [2.05, 4.69) is 10.6 Å². The standard InChI is InChI=1S/C23H20N4O2/c24-20(15-6-2-1-3-7-15)21(25)17-9-4-10-18(14-17)26-23(28)27-19-11-5-8-16-12-13-29-22(16)19/h1-14,20,25H,24H2,(H2,26,27,28). The second-order valence-corrected chi connectivity index (χ2v) is 6.61. The van der Waals surface area contributed by atoms with E-state index >= 15 is 0 Å². The smallest absolute Gasteiger partial charge is 0.323 e. The van der Waals surface area contributed by atoms with E-state index in [0.717, 1.165) is 10.9 Å². The monoisotopic (exact) mass is 384 g/mol. The number of fused-ring (bicyclic) bond motifs is 1. The molecule has 3 aromatic carbocycles. The summed E-state index contributed by atoms with van der Waals surface area (Å²) in [6, 6.07) is 23.0. The number of amides is 2. The fourth-order valence-electron chi connectivity index (χ4n) is 3.15. The van der Waals surface area contributed by atoms with E-state index in [-0.39, 0.29) is 5.71 Å². The second kappa shape index (κ2) is 8.00. The first kappa shape index (κ1) is 18.5. The highest BCUT2D eigenvalue weighted by Crippen LogP contribution is 2.24. The highest BCUT2D eigenvalue weighted by Gasteiger charge is 2.15. The first-order valence-electron chi connectivity index (χ1n) is 9.15. The van der Waals surface area contributed by atoms with E-state index in [1.165, 1.54) is 0 Å². The molecule has 2 amide bonds. The van der Waals surface area contributed by atoms with E-state index in [1.54, 1.807) is 36.6 Å². The summed E-state index contributed by atoms with van der Waals surface area (Å²) in [4.78, 5) is 12.4. The van der Waals surface area contributed by atoms with Crippen molar-refractivity contribution in [3.8, 4) is 0 Å². The van der Waals surface area contributed by atoms with Crippen molar-refractivity contribution in [1.29, 1.82) is 5.41 Å². The lowest BCUT2D eigenvalue weighted by Gasteiger charge is -2.15. The first-order chi connectivity index (χ1) is 14.1. The van der Waals surface area contributed by atoms with E-state index in [9.17, 15) is 4.79 Å². The zero-order valence-electron chi connectivity index (χ0n) is 15.6. The molecular weight excluding hydrogens is 364 g/mol. The van der Waals surface area contributed by atoms with Crippen molar-refractivity contribution in [2.45, 2.75) is 6.04 Å². The number of furan rings is 1. The third-order valence-electron chi connectivity index (χ3n) is 4.63. The number of carbonyl (C=O) groups is 1. The van der Waals surface area contributed by atoms with Gasteiger partial charge in [-0.15, -0.1) is 0 Å². The van der Waals surface area contributed by atoms with Crippen molar-refractivity contribution in [3.63, 3.8) is 0 Å². The summed E-state index contributed by atoms with van der Waals surface area (Å²) in [5.41, 5.74) is 9.78. The molecule has 6 heteroatoms. The fourth-order valence-corrected chi connectivity index (χ4v) is 3.15. The van der Waals surface area contributed by atoms with Crippen LogP contribution < -0.4 is 16.4 Å². The normalized spacial score (nSPS) is 11.8. The number of hydrogen-bond acceptors (Lipinski definition) is 4. The summed E-state index contributed by atoms with van der Waals surface area (Å²) < 4.78 is 5.43. The Labute approximate surface area is 167 Å². The van der Waals surface area contributed by atoms with Crippen molar-refractivity contribution in [1.82, 2.24) is 0 Å². The molecule has 4 rings (SSSR count). The van der Waals surface area contributed by atoms with Gasteiger partial charge in [-0.2, -0.15) is 0 Å². The molecule has 0 aliphatic heterocycles. The van der Waals surface area contributed by atoms with Crippen molar-refractivity contribution in [3.05, 3.63) is 96.3 Å². The average molecular weight is 384 g/mol. The van der Waals surface area contributed by atoms with Crippen LogP contribution in [0.25, 0.3) is 11.0 Å². The number of hydrogen-bond donors (Lipinski definition) is 4. The van der Waals surface area contributed by atoms with Crippen molar-refractivity contribution >= 4 is 34.1 Å². The average Bonchev–Trinajstić information content (AvgIpc) is 3.23. The zero-order chi connectivity index (χ0) is 20.2. The lowest BCUT2D eigenvalue weighted by molar-refractivity contribution is 0.262. The van der Waals surface area contributed by atoms with Crippen LogP contribution in [0.4, 0.5) is 16.2 Å². The van der Waals surface area contributed by atoms with E-state index < -0.39 is 12.1 Å². The highest BCUT2D eigenvalue weighted by molar-refractivity contribution is 6.06. The summed E-state index contributed by atoms with van der Waals surface area (Å²) in [6.45, 7) is 0. The van der Waals surface area contributed by atoms with Crippen LogP contribution in [0.1, 0.15) is 17.2 Å². The summed E-state index contributed by atoms with van der Waals surface area (Å²) >= 11 is 0. The number of nitrogens with two attached hydrogens (primary N) is 1. The minimum absolute atomic E-state index is 0.278. The number of para-hydroxylation sites is 1. The van der Waals surface area contributed by atoms with E-state index in [1.807, 2.05) is 48.5 Å². The predicted molar refractivity (Wildman–Crippen MR) is 115 cm³/mol. The molecule has 5 N–H and O–H groups in total. The van der Waals surface area contributed by atoms with Gasteiger partial charge in [0, 0.05) is 11.1 Å². The number of urea groups is 1. The maximum atomic E-state index is 12.4. The first-order valence-corrected chi connectivity index (χ1v) is 9.15. The molecule has 0 saturated heterocycles. The third-order valence-corrected chi connectivity index (χ3v) is 4.63. The molecule has 1 atom stereocenters. The van der Waals surface area contributed by atoms with Gasteiger partial charge in [-0.1, -0.05) is 54.6 Å². The summed E-state index contributed by atoms with van der Waals surface area (Å²) in [5, 5.41) is 14.9. The van der Waals surface area contributed by atoms with Gasteiger partial charge in [-0.3, -0.25) is 0 Å². The van der Waals surface area contributed by atoms with Gasteiger partial charge in [-0.05, 0) is 35.4 Å². The van der Waals surface area contributed by atoms with E-state index in [4.69, 9.17) is 15.6 Å². The van der Waals surface area contributed by atoms with Crippen molar-refractivity contribution < 1.29 is 9.21 Å². The Bertz CT molecular complexity index is 1170. The molecule has 4 aromatic rings. The highest BCUT2D eigenvalue weighted by atomic mass is 16.3. The summed E-state index contributed by atoms with van der Waals surface area (Å²) in [5.74, 6) is 0. The Morgan fingerprint density at radius 2 is 1.72 bits per heavy atom. The number of carbonyl (C=O) groups excluding carboxylic acids is 1. The van der Waals surface area contributed by atoms with Crippen LogP contribution >= 0.6 is 0 Å². The molecule has 0 aliphatic carbocycles. The lowest BCUT2D eigenvalue weighted by Crippen LogP contribution is -2.22. The van der Waals surface area contributed by atoms with Gasteiger partial charge in [0.15, 0.2) is 5.58 Å². The van der Waals surface area contributed by atoms with Crippen LogP contribution in [0.15, 0.2) is 89.5 Å². The molecule has 0 saturated carbocycles. The van der Waals surface area contributed by atoms with Crippen molar-refractivity contribution in [2.75, 3.05) is 10.6 Å². The third kappa shape index (κ3) is 4.02. The molecule has 1 aromatic heterocycles. The second-order valence-electron chi connectivity index (χ2n) is 6.61. The maximum absolute atomic E-state index is 12.4. The molecular formula is C23H20N4O2. The van der Waals surface area contributed by atoms with Gasteiger partial charge in [0.2, 0.25) is 0 Å². The molecule has 6 nitrogen and oxygen atoms in total. The number of benzene rings is 3. The van der Waals surface area contributed by atoms with Gasteiger partial charge in [-0.25, -0.2) is 4.79 Å². The summed E-state index contributed by atoms with van der Waals surface area (Å²) in [7, 11) is 0. The Balaban J connectivity index is 1.48. The van der Waals surface area contributed by atoms with Crippen LogP contribution in [-0.4, -0.2) is 11.7 Å². The molecule has 1 heterocycles. The van der Waals surface area contributed by atoms with Gasteiger partial charge < -0.3 is 26.2 Å². The topological polar surface area (TPSA) is 104 Å². The van der Waals surface area contributed by atoms with Crippen LogP contribution in [0.5, 0.6) is 0 Å². The van der Waals surface area contributed by atoms with Gasteiger partial charge >= 0.3 is 6.03 Å². The number of nitrogens with one attached hydrogen (secondary N) is 3. The van der Waals surface area contributed by atoms with Gasteiger partial charge in [0.25, 0.3) is 0 Å². The Morgan fingerprint density at radius 1 is 0.931 bits per heavy atom. The zero-order valence-corrected chi connectivity index (χ0v) is 15.6. The Morgan fingerprint density at radius 3 is 2.55 bits per heavy atom. The number of anilines is 2. The molecule has 0 spiro atoms. The predicted octanol–water partition coefficient (Wildman–Crippen LogP) is 5.14. The largest absolute Gasteiger partial charge is 0.462 e. The molecule has 0 fully saturated rings. The molecule has 1 unspecified atom stereocenters. The summed E-state index contributed by atoms with van der Waals surface area (Å²) in [6.07, 6.45) is 1.58. The van der Waals surface area contributed by atoms with Gasteiger partial charge in [0.05, 0.1) is 23.7 Å². The minimum atomic E-state index is -0.545. The minimum Gasteiger partial charge on any atom is -0.462 e. The fraction of sp³-hybridized carbons (Fsp3) is 0.0435. The molecule has 0 radical (unpaired) electrons.